The zero-order valence-electron chi connectivity index (χ0n) is 13.3. The van der Waals surface area contributed by atoms with Gasteiger partial charge in [-0.1, -0.05) is 67.6 Å². The van der Waals surface area contributed by atoms with Gasteiger partial charge in [-0.25, -0.2) is 0 Å². The average Bonchev–Trinajstić information content (AvgIpc) is 2.49. The molecule has 2 aromatic carbocycles. The van der Waals surface area contributed by atoms with Gasteiger partial charge in [0.25, 0.3) is 0 Å². The number of allylic oxidation sites excluding steroid dienone is 1. The second-order valence-electron chi connectivity index (χ2n) is 5.45. The summed E-state index contributed by atoms with van der Waals surface area (Å²) in [6.07, 6.45) is 5.56. The van der Waals surface area contributed by atoms with Gasteiger partial charge in [0.15, 0.2) is 0 Å². The van der Waals surface area contributed by atoms with Crippen LogP contribution in [-0.4, -0.2) is 6.54 Å². The molecule has 2 aromatic rings. The number of nitrogens with one attached hydrogen (secondary N) is 1. The molecule has 0 aromatic heterocycles. The Bertz CT molecular complexity index is 598. The first-order valence-electron chi connectivity index (χ1n) is 7.72. The summed E-state index contributed by atoms with van der Waals surface area (Å²) < 4.78 is 0. The van der Waals surface area contributed by atoms with Gasteiger partial charge in [0, 0.05) is 0 Å². The largest absolute Gasteiger partial charge is 0.307 e. The van der Waals surface area contributed by atoms with E-state index in [4.69, 9.17) is 0 Å². The zero-order valence-corrected chi connectivity index (χ0v) is 13.3. The van der Waals surface area contributed by atoms with Crippen LogP contribution >= 0.6 is 0 Å². The lowest BCUT2D eigenvalue weighted by atomic mass is 9.99. The van der Waals surface area contributed by atoms with Gasteiger partial charge in [0.2, 0.25) is 0 Å². The second kappa shape index (κ2) is 7.80. The first-order chi connectivity index (χ1) is 10.2. The van der Waals surface area contributed by atoms with Crippen LogP contribution in [-0.2, 0) is 6.42 Å². The highest BCUT2D eigenvalue weighted by atomic mass is 14.9. The number of likely N-dealkylation sites (N-methyl/N-ethyl adjacent to an activating group) is 1. The summed E-state index contributed by atoms with van der Waals surface area (Å²) in [6, 6.07) is 17.5. The minimum absolute atomic E-state index is 0.292. The molecule has 0 fully saturated rings. The van der Waals surface area contributed by atoms with Gasteiger partial charge in [-0.15, -0.1) is 0 Å². The van der Waals surface area contributed by atoms with Crippen molar-refractivity contribution in [3.05, 3.63) is 82.9 Å². The second-order valence-corrected chi connectivity index (χ2v) is 5.45. The first-order valence-corrected chi connectivity index (χ1v) is 7.72. The Balaban J connectivity index is 2.12. The van der Waals surface area contributed by atoms with Crippen LogP contribution in [0.5, 0.6) is 0 Å². The van der Waals surface area contributed by atoms with E-state index in [0.717, 1.165) is 13.0 Å². The molecule has 0 aliphatic rings. The molecule has 0 heterocycles. The molecule has 1 N–H and O–H groups in total. The van der Waals surface area contributed by atoms with Crippen LogP contribution in [0.3, 0.4) is 0 Å². The van der Waals surface area contributed by atoms with Crippen molar-refractivity contribution >= 4 is 0 Å². The Morgan fingerprint density at radius 2 is 1.62 bits per heavy atom. The van der Waals surface area contributed by atoms with Crippen LogP contribution in [0.4, 0.5) is 0 Å². The molecule has 0 bridgehead atoms. The molecule has 110 valence electrons. The topological polar surface area (TPSA) is 12.0 Å². The molecule has 0 amide bonds. The average molecular weight is 279 g/mol. The Hall–Kier alpha value is -1.86. The van der Waals surface area contributed by atoms with Gasteiger partial charge < -0.3 is 5.32 Å². The van der Waals surface area contributed by atoms with E-state index >= 15 is 0 Å². The minimum Gasteiger partial charge on any atom is -0.307 e. The van der Waals surface area contributed by atoms with Crippen molar-refractivity contribution in [1.29, 1.82) is 0 Å². The summed E-state index contributed by atoms with van der Waals surface area (Å²) in [6.45, 7) is 7.47. The van der Waals surface area contributed by atoms with Crippen LogP contribution in [0.25, 0.3) is 0 Å². The van der Waals surface area contributed by atoms with Crippen LogP contribution < -0.4 is 5.32 Å². The lowest BCUT2D eigenvalue weighted by Gasteiger charge is -2.16. The highest BCUT2D eigenvalue weighted by molar-refractivity contribution is 5.32. The molecule has 0 aliphatic heterocycles. The van der Waals surface area contributed by atoms with Gasteiger partial charge in [-0.2, -0.15) is 0 Å². The molecule has 1 nitrogen and oxygen atoms in total. The third-order valence-corrected chi connectivity index (χ3v) is 3.88. The summed E-state index contributed by atoms with van der Waals surface area (Å²) in [5.41, 5.74) is 5.45. The third-order valence-electron chi connectivity index (χ3n) is 3.88. The van der Waals surface area contributed by atoms with E-state index < -0.39 is 0 Å². The fourth-order valence-corrected chi connectivity index (χ4v) is 2.61. The standard InChI is InChI=1S/C20H25N/c1-4-21-20(19-14-8-6-11-17(19)3)15-9-13-18-12-7-5-10-16(18)2/h5-12,14-15,20-21H,4,13H2,1-3H3/b15-9-. The number of hydrogen-bond donors (Lipinski definition) is 1. The van der Waals surface area contributed by atoms with E-state index in [1.165, 1.54) is 22.3 Å². The number of rotatable bonds is 6. The van der Waals surface area contributed by atoms with Crippen molar-refractivity contribution in [2.75, 3.05) is 6.54 Å². The van der Waals surface area contributed by atoms with Crippen molar-refractivity contribution in [2.45, 2.75) is 33.2 Å². The molecule has 0 radical (unpaired) electrons. The molecule has 1 atom stereocenters. The predicted molar refractivity (Wildman–Crippen MR) is 91.6 cm³/mol. The van der Waals surface area contributed by atoms with E-state index in [1.54, 1.807) is 0 Å². The maximum Gasteiger partial charge on any atom is 0.0508 e. The van der Waals surface area contributed by atoms with Crippen LogP contribution in [0.15, 0.2) is 60.7 Å². The summed E-state index contributed by atoms with van der Waals surface area (Å²) in [7, 11) is 0. The van der Waals surface area contributed by atoms with Crippen molar-refractivity contribution in [1.82, 2.24) is 5.32 Å². The molecular formula is C20H25N. The van der Waals surface area contributed by atoms with Crippen LogP contribution in [0, 0.1) is 13.8 Å². The fraction of sp³-hybridized carbons (Fsp3) is 0.300. The SMILES string of the molecule is CCNC(/C=C\Cc1ccccc1C)c1ccccc1C. The van der Waals surface area contributed by atoms with E-state index in [2.05, 4.69) is 86.8 Å². The fourth-order valence-electron chi connectivity index (χ4n) is 2.61. The van der Waals surface area contributed by atoms with Crippen LogP contribution in [0.1, 0.15) is 35.2 Å². The Kier molecular flexibility index (Phi) is 5.77. The summed E-state index contributed by atoms with van der Waals surface area (Å²) in [4.78, 5) is 0. The number of hydrogen-bond acceptors (Lipinski definition) is 1. The van der Waals surface area contributed by atoms with Gasteiger partial charge in [0.1, 0.15) is 0 Å². The Labute approximate surface area is 128 Å². The highest BCUT2D eigenvalue weighted by Crippen LogP contribution is 2.19. The third kappa shape index (κ3) is 4.30. The molecular weight excluding hydrogens is 254 g/mol. The molecule has 0 spiro atoms. The van der Waals surface area contributed by atoms with Gasteiger partial charge in [-0.05, 0) is 49.1 Å². The van der Waals surface area contributed by atoms with E-state index in [-0.39, 0.29) is 0 Å². The highest BCUT2D eigenvalue weighted by Gasteiger charge is 2.08. The van der Waals surface area contributed by atoms with Gasteiger partial charge in [-0.3, -0.25) is 0 Å². The van der Waals surface area contributed by atoms with E-state index in [9.17, 15) is 0 Å². The summed E-state index contributed by atoms with van der Waals surface area (Å²) in [5, 5.41) is 3.55. The lowest BCUT2D eigenvalue weighted by Crippen LogP contribution is -2.19. The molecule has 21 heavy (non-hydrogen) atoms. The maximum absolute atomic E-state index is 3.55. The van der Waals surface area contributed by atoms with Crippen LogP contribution in [0.2, 0.25) is 0 Å². The smallest absolute Gasteiger partial charge is 0.0508 e. The van der Waals surface area contributed by atoms with Gasteiger partial charge in [0.05, 0.1) is 6.04 Å². The van der Waals surface area contributed by atoms with Crippen molar-refractivity contribution in [3.63, 3.8) is 0 Å². The molecule has 1 heteroatoms. The molecule has 0 saturated heterocycles. The van der Waals surface area contributed by atoms with Crippen molar-refractivity contribution in [3.8, 4) is 0 Å². The van der Waals surface area contributed by atoms with E-state index in [1.807, 2.05) is 0 Å². The first kappa shape index (κ1) is 15.5. The zero-order chi connectivity index (χ0) is 15.1. The molecule has 2 rings (SSSR count). The Morgan fingerprint density at radius 3 is 2.29 bits per heavy atom. The summed E-state index contributed by atoms with van der Waals surface area (Å²) in [5.74, 6) is 0. The summed E-state index contributed by atoms with van der Waals surface area (Å²) >= 11 is 0. The molecule has 1 unspecified atom stereocenters. The normalized spacial score (nSPS) is 12.7. The predicted octanol–water partition coefficient (Wildman–Crippen LogP) is 4.75. The van der Waals surface area contributed by atoms with Crippen molar-refractivity contribution in [2.24, 2.45) is 0 Å². The van der Waals surface area contributed by atoms with E-state index in [0.29, 0.717) is 6.04 Å². The maximum atomic E-state index is 3.55. The Morgan fingerprint density at radius 1 is 0.952 bits per heavy atom. The van der Waals surface area contributed by atoms with Crippen molar-refractivity contribution < 1.29 is 0 Å². The number of benzene rings is 2. The molecule has 0 saturated carbocycles. The van der Waals surface area contributed by atoms with Gasteiger partial charge >= 0.3 is 0 Å². The minimum atomic E-state index is 0.292. The monoisotopic (exact) mass is 279 g/mol. The quantitative estimate of drug-likeness (QED) is 0.752. The lowest BCUT2D eigenvalue weighted by molar-refractivity contribution is 0.644. The molecule has 0 aliphatic carbocycles. The number of aryl methyl sites for hydroxylation is 2.